The van der Waals surface area contributed by atoms with Gasteiger partial charge in [-0.3, -0.25) is 4.79 Å². The molecule has 0 heterocycles. The van der Waals surface area contributed by atoms with Crippen molar-refractivity contribution in [1.29, 1.82) is 0 Å². The summed E-state index contributed by atoms with van der Waals surface area (Å²) in [4.78, 5) is 11.2. The number of carbonyl (C=O) groups excluding carboxylic acids is 1. The molecule has 0 bridgehead atoms. The molecule has 0 aliphatic heterocycles. The van der Waals surface area contributed by atoms with Crippen LogP contribution in [-0.2, 0) is 9.53 Å². The lowest BCUT2D eigenvalue weighted by Gasteiger charge is -2.22. The molecule has 12 heavy (non-hydrogen) atoms. The Hall–Kier alpha value is -0.570. The average molecular weight is 173 g/mol. The fourth-order valence-electron chi connectivity index (χ4n) is 0.468. The van der Waals surface area contributed by atoms with E-state index in [1.807, 2.05) is 34.6 Å². The Bertz CT molecular complexity index is 162. The number of hydrogen-bond donors (Lipinski definition) is 1. The quantitative estimate of drug-likeness (QED) is 0.641. The molecule has 0 aromatic rings. The van der Waals surface area contributed by atoms with Crippen molar-refractivity contribution in [3.8, 4) is 0 Å². The van der Waals surface area contributed by atoms with Crippen molar-refractivity contribution in [3.05, 3.63) is 0 Å². The van der Waals surface area contributed by atoms with Gasteiger partial charge >= 0.3 is 5.97 Å². The normalized spacial score (nSPS) is 12.8. The maximum Gasteiger partial charge on any atom is 0.311 e. The van der Waals surface area contributed by atoms with Crippen LogP contribution in [0.4, 0.5) is 0 Å². The lowest BCUT2D eigenvalue weighted by atomic mass is 9.97. The van der Waals surface area contributed by atoms with Crippen LogP contribution in [0.2, 0.25) is 0 Å². The minimum atomic E-state index is -0.444. The van der Waals surface area contributed by atoms with E-state index in [0.29, 0.717) is 0 Å². The Morgan fingerprint density at radius 3 is 1.92 bits per heavy atom. The van der Waals surface area contributed by atoms with Crippen LogP contribution in [0.1, 0.15) is 34.6 Å². The van der Waals surface area contributed by atoms with Gasteiger partial charge < -0.3 is 10.5 Å². The lowest BCUT2D eigenvalue weighted by molar-refractivity contribution is -0.154. The Balaban J connectivity index is 3.90. The fourth-order valence-corrected chi connectivity index (χ4v) is 0.468. The highest BCUT2D eigenvalue weighted by Gasteiger charge is 2.24. The largest absolute Gasteiger partial charge is 0.463 e. The summed E-state index contributed by atoms with van der Waals surface area (Å²) in [6.07, 6.45) is 0. The molecule has 0 radical (unpaired) electrons. The van der Waals surface area contributed by atoms with Crippen LogP contribution in [0, 0.1) is 5.41 Å². The van der Waals surface area contributed by atoms with E-state index in [2.05, 4.69) is 0 Å². The molecule has 3 nitrogen and oxygen atoms in total. The van der Waals surface area contributed by atoms with Gasteiger partial charge in [-0.15, -0.1) is 0 Å². The third kappa shape index (κ3) is 5.13. The summed E-state index contributed by atoms with van der Waals surface area (Å²) < 4.78 is 5.01. The molecule has 0 rings (SSSR count). The zero-order chi connectivity index (χ0) is 9.99. The summed E-state index contributed by atoms with van der Waals surface area (Å²) in [5.74, 6) is -0.207. The van der Waals surface area contributed by atoms with Crippen LogP contribution >= 0.6 is 0 Å². The van der Waals surface area contributed by atoms with E-state index in [-0.39, 0.29) is 12.6 Å². The second-order valence-corrected chi connectivity index (χ2v) is 4.81. The van der Waals surface area contributed by atoms with Crippen molar-refractivity contribution in [1.82, 2.24) is 0 Å². The third-order valence-electron chi connectivity index (χ3n) is 1.19. The van der Waals surface area contributed by atoms with Gasteiger partial charge in [-0.25, -0.2) is 0 Å². The molecule has 0 aliphatic carbocycles. The summed E-state index contributed by atoms with van der Waals surface area (Å²) in [5, 5.41) is 0. The SMILES string of the molecule is CC(C)(N)COC(=O)C(C)(C)C. The van der Waals surface area contributed by atoms with Crippen LogP contribution in [0.15, 0.2) is 0 Å². The smallest absolute Gasteiger partial charge is 0.311 e. The number of rotatable bonds is 2. The van der Waals surface area contributed by atoms with Gasteiger partial charge in [0.2, 0.25) is 0 Å². The van der Waals surface area contributed by atoms with E-state index in [4.69, 9.17) is 10.5 Å². The minimum Gasteiger partial charge on any atom is -0.463 e. The summed E-state index contributed by atoms with van der Waals surface area (Å²) in [7, 11) is 0. The van der Waals surface area contributed by atoms with Gasteiger partial charge in [0.05, 0.1) is 5.41 Å². The predicted molar refractivity (Wildman–Crippen MR) is 48.7 cm³/mol. The molecule has 0 saturated heterocycles. The van der Waals surface area contributed by atoms with Crippen molar-refractivity contribution < 1.29 is 9.53 Å². The van der Waals surface area contributed by atoms with Gasteiger partial charge in [0.1, 0.15) is 6.61 Å². The van der Waals surface area contributed by atoms with Crippen molar-refractivity contribution >= 4 is 5.97 Å². The number of hydrogen-bond acceptors (Lipinski definition) is 3. The average Bonchev–Trinajstić information content (AvgIpc) is 1.78. The molecular weight excluding hydrogens is 154 g/mol. The molecule has 0 atom stereocenters. The highest BCUT2D eigenvalue weighted by Crippen LogP contribution is 2.15. The molecule has 0 spiro atoms. The van der Waals surface area contributed by atoms with Gasteiger partial charge in [0, 0.05) is 5.54 Å². The molecular formula is C9H19NO2. The predicted octanol–water partition coefficient (Wildman–Crippen LogP) is 1.31. The molecule has 0 unspecified atom stereocenters. The Kier molecular flexibility index (Phi) is 3.27. The van der Waals surface area contributed by atoms with Gasteiger partial charge in [-0.05, 0) is 34.6 Å². The maximum absolute atomic E-state index is 11.2. The van der Waals surface area contributed by atoms with Crippen LogP contribution < -0.4 is 5.73 Å². The maximum atomic E-state index is 11.2. The van der Waals surface area contributed by atoms with Crippen molar-refractivity contribution in [2.75, 3.05) is 6.61 Å². The first-order valence-electron chi connectivity index (χ1n) is 4.09. The fraction of sp³-hybridized carbons (Fsp3) is 0.889. The van der Waals surface area contributed by atoms with Gasteiger partial charge in [0.25, 0.3) is 0 Å². The van der Waals surface area contributed by atoms with E-state index in [1.165, 1.54) is 0 Å². The Morgan fingerprint density at radius 2 is 1.67 bits per heavy atom. The van der Waals surface area contributed by atoms with Gasteiger partial charge in [0.15, 0.2) is 0 Å². The van der Waals surface area contributed by atoms with E-state index in [9.17, 15) is 4.79 Å². The Labute approximate surface area is 74.3 Å². The van der Waals surface area contributed by atoms with Crippen LogP contribution in [0.3, 0.4) is 0 Å². The summed E-state index contributed by atoms with van der Waals surface area (Å²) in [5.41, 5.74) is 4.77. The van der Waals surface area contributed by atoms with Crippen LogP contribution in [-0.4, -0.2) is 18.1 Å². The van der Waals surface area contributed by atoms with Crippen molar-refractivity contribution in [2.45, 2.75) is 40.2 Å². The molecule has 0 fully saturated rings. The van der Waals surface area contributed by atoms with E-state index >= 15 is 0 Å². The zero-order valence-corrected chi connectivity index (χ0v) is 8.60. The molecule has 72 valence electrons. The first-order valence-corrected chi connectivity index (χ1v) is 4.09. The first kappa shape index (κ1) is 11.4. The van der Waals surface area contributed by atoms with Gasteiger partial charge in [-0.1, -0.05) is 0 Å². The molecule has 3 heteroatoms. The monoisotopic (exact) mass is 173 g/mol. The van der Waals surface area contributed by atoms with E-state index in [0.717, 1.165) is 0 Å². The second kappa shape index (κ2) is 3.44. The topological polar surface area (TPSA) is 52.3 Å². The van der Waals surface area contributed by atoms with E-state index < -0.39 is 11.0 Å². The third-order valence-corrected chi connectivity index (χ3v) is 1.19. The molecule has 0 aliphatic rings. The molecule has 0 saturated carbocycles. The van der Waals surface area contributed by atoms with Crippen molar-refractivity contribution in [3.63, 3.8) is 0 Å². The molecule has 0 aromatic carbocycles. The summed E-state index contributed by atoms with van der Waals surface area (Å²) in [6.45, 7) is 9.37. The summed E-state index contributed by atoms with van der Waals surface area (Å²) in [6, 6.07) is 0. The Morgan fingerprint density at radius 1 is 1.25 bits per heavy atom. The van der Waals surface area contributed by atoms with Crippen LogP contribution in [0.5, 0.6) is 0 Å². The highest BCUT2D eigenvalue weighted by molar-refractivity contribution is 5.75. The molecule has 0 aromatic heterocycles. The zero-order valence-electron chi connectivity index (χ0n) is 8.60. The van der Waals surface area contributed by atoms with E-state index in [1.54, 1.807) is 0 Å². The number of ether oxygens (including phenoxy) is 1. The number of esters is 1. The first-order chi connectivity index (χ1) is 5.13. The van der Waals surface area contributed by atoms with Gasteiger partial charge in [-0.2, -0.15) is 0 Å². The number of nitrogens with two attached hydrogens (primary N) is 1. The van der Waals surface area contributed by atoms with Crippen LogP contribution in [0.25, 0.3) is 0 Å². The lowest BCUT2D eigenvalue weighted by Crippen LogP contribution is -2.39. The number of carbonyl (C=O) groups is 1. The second-order valence-electron chi connectivity index (χ2n) is 4.81. The summed E-state index contributed by atoms with van der Waals surface area (Å²) >= 11 is 0. The minimum absolute atomic E-state index is 0.207. The standard InChI is InChI=1S/C9H19NO2/c1-8(2,3)7(11)12-6-9(4,5)10/h6,10H2,1-5H3. The highest BCUT2D eigenvalue weighted by atomic mass is 16.5. The molecule has 2 N–H and O–H groups in total. The molecule has 0 amide bonds. The van der Waals surface area contributed by atoms with Crippen molar-refractivity contribution in [2.24, 2.45) is 11.1 Å².